The molecule has 170 valence electrons. The molecule has 0 aliphatic carbocycles. The highest BCUT2D eigenvalue weighted by atomic mass is 16.4. The molecule has 0 aliphatic heterocycles. The zero-order valence-electron chi connectivity index (χ0n) is 18.9. The number of aryl methyl sites for hydroxylation is 4. The molecule has 4 aromatic rings. The van der Waals surface area contributed by atoms with E-state index in [1.807, 2.05) is 45.0 Å². The Hall–Kier alpha value is -3.87. The van der Waals surface area contributed by atoms with Gasteiger partial charge in [-0.15, -0.1) is 0 Å². The van der Waals surface area contributed by atoms with E-state index >= 15 is 0 Å². The quantitative estimate of drug-likeness (QED) is 0.430. The average molecular weight is 447 g/mol. The van der Waals surface area contributed by atoms with Crippen LogP contribution in [0.3, 0.4) is 0 Å². The summed E-state index contributed by atoms with van der Waals surface area (Å²) in [6, 6.07) is 9.86. The SMILES string of the molecule is Cc1oc2c(C)c3oc(=O)c(CC(=O)N[C@@H](Cc4ccccc4)C(=O)O)c(C)c3cc2c1C. The number of carboxylic acid groups (broad SMARTS) is 1. The third-order valence-electron chi connectivity index (χ3n) is 6.20. The van der Waals surface area contributed by atoms with Crippen molar-refractivity contribution in [3.8, 4) is 0 Å². The Bertz CT molecular complexity index is 1450. The van der Waals surface area contributed by atoms with Gasteiger partial charge in [-0.05, 0) is 50.5 Å². The predicted molar refractivity (Wildman–Crippen MR) is 125 cm³/mol. The molecule has 33 heavy (non-hydrogen) atoms. The summed E-state index contributed by atoms with van der Waals surface area (Å²) < 4.78 is 11.4. The standard InChI is InChI=1S/C26H25NO6/c1-13-16(4)32-23-15(3)24-19(11-18(13)23)14(2)20(26(31)33-24)12-22(28)27-21(25(29)30)10-17-8-6-5-7-9-17/h5-9,11,21H,10,12H2,1-4H3,(H,27,28)(H,29,30)/t21-/m0/s1. The highest BCUT2D eigenvalue weighted by Gasteiger charge is 2.23. The highest BCUT2D eigenvalue weighted by molar-refractivity contribution is 6.00. The lowest BCUT2D eigenvalue weighted by molar-refractivity contribution is -0.141. The molecule has 2 N–H and O–H groups in total. The van der Waals surface area contributed by atoms with Gasteiger partial charge in [-0.25, -0.2) is 9.59 Å². The summed E-state index contributed by atoms with van der Waals surface area (Å²) in [5, 5.41) is 13.7. The fourth-order valence-electron chi connectivity index (χ4n) is 4.15. The second kappa shape index (κ2) is 8.58. The summed E-state index contributed by atoms with van der Waals surface area (Å²) in [5.41, 5.74) is 3.85. The van der Waals surface area contributed by atoms with Crippen LogP contribution in [-0.2, 0) is 22.4 Å². The molecule has 2 aromatic heterocycles. The van der Waals surface area contributed by atoms with E-state index < -0.39 is 23.5 Å². The van der Waals surface area contributed by atoms with E-state index in [-0.39, 0.29) is 18.4 Å². The van der Waals surface area contributed by atoms with Gasteiger partial charge in [0.1, 0.15) is 23.0 Å². The van der Waals surface area contributed by atoms with Crippen molar-refractivity contribution in [1.29, 1.82) is 0 Å². The number of rotatable bonds is 6. The Morgan fingerprint density at radius 3 is 2.24 bits per heavy atom. The van der Waals surface area contributed by atoms with E-state index in [0.717, 1.165) is 33.2 Å². The molecule has 0 unspecified atom stereocenters. The number of aliphatic carboxylic acids is 1. The number of fused-ring (bicyclic) bond motifs is 2. The first-order valence-corrected chi connectivity index (χ1v) is 10.7. The van der Waals surface area contributed by atoms with Gasteiger partial charge >= 0.3 is 11.6 Å². The molecule has 0 saturated heterocycles. The lowest BCUT2D eigenvalue weighted by Gasteiger charge is -2.15. The molecule has 0 radical (unpaired) electrons. The normalized spacial score (nSPS) is 12.2. The molecule has 1 atom stereocenters. The van der Waals surface area contributed by atoms with E-state index in [4.69, 9.17) is 8.83 Å². The number of hydrogen-bond donors (Lipinski definition) is 2. The van der Waals surface area contributed by atoms with Gasteiger partial charge in [-0.3, -0.25) is 4.79 Å². The number of furan rings is 1. The third-order valence-corrected chi connectivity index (χ3v) is 6.20. The number of nitrogens with one attached hydrogen (secondary N) is 1. The van der Waals surface area contributed by atoms with E-state index in [2.05, 4.69) is 5.32 Å². The van der Waals surface area contributed by atoms with Crippen molar-refractivity contribution in [1.82, 2.24) is 5.32 Å². The Labute approximate surface area is 190 Å². The molecule has 2 aromatic carbocycles. The summed E-state index contributed by atoms with van der Waals surface area (Å²) in [7, 11) is 0. The zero-order valence-corrected chi connectivity index (χ0v) is 18.9. The van der Waals surface area contributed by atoms with Crippen LogP contribution in [0.25, 0.3) is 21.9 Å². The van der Waals surface area contributed by atoms with Gasteiger partial charge in [-0.2, -0.15) is 0 Å². The molecular weight excluding hydrogens is 422 g/mol. The predicted octanol–water partition coefficient (Wildman–Crippen LogP) is 4.13. The molecule has 2 heterocycles. The van der Waals surface area contributed by atoms with Crippen LogP contribution in [0.1, 0.15) is 33.6 Å². The first kappa shape index (κ1) is 22.3. The van der Waals surface area contributed by atoms with Gasteiger partial charge in [0.25, 0.3) is 0 Å². The Kier molecular flexibility index (Phi) is 5.80. The highest BCUT2D eigenvalue weighted by Crippen LogP contribution is 2.34. The van der Waals surface area contributed by atoms with Crippen LogP contribution in [0.2, 0.25) is 0 Å². The average Bonchev–Trinajstić information content (AvgIpc) is 3.06. The second-order valence-corrected chi connectivity index (χ2v) is 8.36. The van der Waals surface area contributed by atoms with Crippen molar-refractivity contribution in [2.24, 2.45) is 0 Å². The number of carbonyl (C=O) groups is 2. The first-order valence-electron chi connectivity index (χ1n) is 10.7. The molecule has 0 bridgehead atoms. The van der Waals surface area contributed by atoms with Crippen LogP contribution in [0.4, 0.5) is 0 Å². The second-order valence-electron chi connectivity index (χ2n) is 8.36. The molecule has 7 heteroatoms. The van der Waals surface area contributed by atoms with Crippen molar-refractivity contribution >= 4 is 33.8 Å². The van der Waals surface area contributed by atoms with Gasteiger partial charge < -0.3 is 19.3 Å². The van der Waals surface area contributed by atoms with E-state index in [0.29, 0.717) is 16.7 Å². The van der Waals surface area contributed by atoms with Crippen LogP contribution in [-0.4, -0.2) is 23.0 Å². The van der Waals surface area contributed by atoms with E-state index in [1.54, 1.807) is 19.1 Å². The van der Waals surface area contributed by atoms with Crippen molar-refractivity contribution in [3.05, 3.63) is 80.4 Å². The maximum absolute atomic E-state index is 12.8. The van der Waals surface area contributed by atoms with Gasteiger partial charge in [0.15, 0.2) is 0 Å². The Balaban J connectivity index is 1.67. The van der Waals surface area contributed by atoms with Gasteiger partial charge in [0, 0.05) is 22.8 Å². The smallest absolute Gasteiger partial charge is 0.340 e. The van der Waals surface area contributed by atoms with Gasteiger partial charge in [-0.1, -0.05) is 30.3 Å². The number of benzene rings is 2. The zero-order chi connectivity index (χ0) is 23.9. The lowest BCUT2D eigenvalue weighted by Crippen LogP contribution is -2.43. The molecule has 0 spiro atoms. The number of amides is 1. The maximum Gasteiger partial charge on any atom is 0.340 e. The number of carbonyl (C=O) groups excluding carboxylic acids is 1. The van der Waals surface area contributed by atoms with Crippen LogP contribution in [0.15, 0.2) is 50.0 Å². The van der Waals surface area contributed by atoms with Crippen LogP contribution < -0.4 is 10.9 Å². The van der Waals surface area contributed by atoms with Gasteiger partial charge in [0.05, 0.1) is 12.0 Å². The summed E-state index contributed by atoms with van der Waals surface area (Å²) in [5.74, 6) is -0.902. The van der Waals surface area contributed by atoms with Crippen molar-refractivity contribution in [2.75, 3.05) is 0 Å². The molecule has 0 saturated carbocycles. The van der Waals surface area contributed by atoms with Crippen LogP contribution >= 0.6 is 0 Å². The number of carboxylic acids is 1. The molecule has 0 aliphatic rings. The van der Waals surface area contributed by atoms with Crippen molar-refractivity contribution in [2.45, 2.75) is 46.6 Å². The summed E-state index contributed by atoms with van der Waals surface area (Å²) in [6.45, 7) is 7.46. The third kappa shape index (κ3) is 4.14. The van der Waals surface area contributed by atoms with Gasteiger partial charge in [0.2, 0.25) is 5.91 Å². The molecule has 4 rings (SSSR count). The summed E-state index contributed by atoms with van der Waals surface area (Å²) in [4.78, 5) is 37.2. The minimum absolute atomic E-state index is 0.142. The first-order chi connectivity index (χ1) is 15.7. The Morgan fingerprint density at radius 2 is 1.58 bits per heavy atom. The summed E-state index contributed by atoms with van der Waals surface area (Å²) in [6.07, 6.45) is -0.132. The number of hydrogen-bond acceptors (Lipinski definition) is 5. The van der Waals surface area contributed by atoms with Crippen LogP contribution in [0, 0.1) is 27.7 Å². The summed E-state index contributed by atoms with van der Waals surface area (Å²) >= 11 is 0. The molecule has 1 amide bonds. The lowest BCUT2D eigenvalue weighted by atomic mass is 9.98. The van der Waals surface area contributed by atoms with Crippen molar-refractivity contribution < 1.29 is 23.5 Å². The minimum atomic E-state index is -1.14. The van der Waals surface area contributed by atoms with Crippen molar-refractivity contribution in [3.63, 3.8) is 0 Å². The molecule has 0 fully saturated rings. The van der Waals surface area contributed by atoms with E-state index in [1.165, 1.54) is 0 Å². The largest absolute Gasteiger partial charge is 0.480 e. The molecule has 7 nitrogen and oxygen atoms in total. The Morgan fingerprint density at radius 1 is 0.939 bits per heavy atom. The minimum Gasteiger partial charge on any atom is -0.480 e. The molecular formula is C26H25NO6. The topological polar surface area (TPSA) is 110 Å². The maximum atomic E-state index is 12.8. The van der Waals surface area contributed by atoms with E-state index in [9.17, 15) is 19.5 Å². The van der Waals surface area contributed by atoms with Crippen LogP contribution in [0.5, 0.6) is 0 Å². The fourth-order valence-corrected chi connectivity index (χ4v) is 4.15. The fraction of sp³-hybridized carbons (Fsp3) is 0.269. The monoisotopic (exact) mass is 447 g/mol.